The number of aryl methyl sites for hydroxylation is 2. The summed E-state index contributed by atoms with van der Waals surface area (Å²) in [5, 5.41) is 19.2. The third-order valence-electron chi connectivity index (χ3n) is 8.60. The number of hydroxylamine groups is 2. The minimum absolute atomic E-state index is 0.0894. The van der Waals surface area contributed by atoms with E-state index in [4.69, 9.17) is 14.7 Å². The van der Waals surface area contributed by atoms with Gasteiger partial charge in [-0.05, 0) is 113 Å². The molecule has 332 valence electrons. The SMILES string of the molecule is CC(C)=CCc1c(C)ccc(/C=C/C(=O)NO)c1OCc1ccc(OC(F)(F)F)cc1.CC(C)=CCc1c(C)ccc(/C=C/C(=O)N[O-])c1OCc1ccc(OC(F)(F)F)cc1. The highest BCUT2D eigenvalue weighted by molar-refractivity contribution is 5.92. The van der Waals surface area contributed by atoms with Crippen LogP contribution >= 0.6 is 0 Å². The van der Waals surface area contributed by atoms with Crippen molar-refractivity contribution in [3.8, 4) is 23.0 Å². The summed E-state index contributed by atoms with van der Waals surface area (Å²) in [6.45, 7) is 12.0. The molecule has 0 unspecified atom stereocenters. The van der Waals surface area contributed by atoms with Crippen LogP contribution < -0.4 is 29.9 Å². The molecule has 10 nitrogen and oxygen atoms in total. The fourth-order valence-corrected chi connectivity index (χ4v) is 5.50. The second kappa shape index (κ2) is 23.5. The van der Waals surface area contributed by atoms with Crippen molar-refractivity contribution in [1.82, 2.24) is 11.0 Å². The van der Waals surface area contributed by atoms with E-state index < -0.39 is 24.5 Å². The Labute approximate surface area is 355 Å². The number of hydrogen-bond donors (Lipinski definition) is 3. The molecule has 0 bridgehead atoms. The molecule has 4 aromatic rings. The molecule has 4 aromatic carbocycles. The van der Waals surface area contributed by atoms with Crippen molar-refractivity contribution in [3.05, 3.63) is 158 Å². The van der Waals surface area contributed by atoms with E-state index in [9.17, 15) is 41.1 Å². The number of benzene rings is 4. The fourth-order valence-electron chi connectivity index (χ4n) is 5.50. The van der Waals surface area contributed by atoms with Gasteiger partial charge in [-0.2, -0.15) is 0 Å². The molecule has 0 saturated heterocycles. The highest BCUT2D eigenvalue weighted by Crippen LogP contribution is 2.33. The average molecular weight is 870 g/mol. The molecule has 0 heterocycles. The third kappa shape index (κ3) is 17.6. The maximum absolute atomic E-state index is 12.3. The highest BCUT2D eigenvalue weighted by atomic mass is 19.4. The maximum Gasteiger partial charge on any atom is 0.573 e. The first kappa shape index (κ1) is 49.8. The molecule has 0 aliphatic rings. The second-order valence-electron chi connectivity index (χ2n) is 14.1. The Bertz CT molecular complexity index is 2080. The zero-order chi connectivity index (χ0) is 46.0. The average Bonchev–Trinajstić information content (AvgIpc) is 3.20. The summed E-state index contributed by atoms with van der Waals surface area (Å²) in [4.78, 5) is 22.7. The Morgan fingerprint density at radius 1 is 0.613 bits per heavy atom. The number of nitrogens with one attached hydrogen (secondary N) is 2. The summed E-state index contributed by atoms with van der Waals surface area (Å²) < 4.78 is 93.7. The molecule has 0 saturated carbocycles. The maximum atomic E-state index is 12.3. The summed E-state index contributed by atoms with van der Waals surface area (Å²) in [7, 11) is 0. The lowest BCUT2D eigenvalue weighted by atomic mass is 9.99. The summed E-state index contributed by atoms with van der Waals surface area (Å²) in [5.41, 5.74) is 11.4. The minimum atomic E-state index is -4.75. The van der Waals surface area contributed by atoms with Crippen LogP contribution in [-0.4, -0.2) is 29.7 Å². The van der Waals surface area contributed by atoms with Gasteiger partial charge in [0.2, 0.25) is 5.91 Å². The van der Waals surface area contributed by atoms with Crippen LogP contribution in [0.25, 0.3) is 12.2 Å². The molecule has 0 aromatic heterocycles. The molecule has 62 heavy (non-hydrogen) atoms. The van der Waals surface area contributed by atoms with E-state index >= 15 is 0 Å². The van der Waals surface area contributed by atoms with Crippen LogP contribution in [0.5, 0.6) is 23.0 Å². The van der Waals surface area contributed by atoms with Gasteiger partial charge in [0.25, 0.3) is 5.91 Å². The molecule has 0 spiro atoms. The van der Waals surface area contributed by atoms with E-state index in [1.54, 1.807) is 12.1 Å². The Morgan fingerprint density at radius 3 is 1.31 bits per heavy atom. The van der Waals surface area contributed by atoms with Gasteiger partial charge in [-0.25, -0.2) is 5.48 Å². The van der Waals surface area contributed by atoms with Crippen LogP contribution in [0.2, 0.25) is 0 Å². The molecule has 16 heteroatoms. The summed E-state index contributed by atoms with van der Waals surface area (Å²) in [6.07, 6.45) is 1.07. The molecule has 0 fully saturated rings. The monoisotopic (exact) mass is 869 g/mol. The smallest absolute Gasteiger partial charge is 0.573 e. The molecular formula is C46H47F6N2O8-. The van der Waals surface area contributed by atoms with Crippen LogP contribution in [0.15, 0.2) is 108 Å². The standard InChI is InChI=1S/C23H24F3NO4.C23H23F3NO4/c2*1-15(2)4-12-20-16(3)5-8-18(9-13-21(28)27-29)22(20)30-14-17-6-10-19(11-7-17)31-23(24,25)26/h4-11,13,29H,12,14H2,1-3H3,(H,27,28);4-11,13H,12,14H2,1-3H3,(H-,27,28,29)/q;-1/b2*13-9+. The Hall–Kier alpha value is -6.52. The Balaban J connectivity index is 0.000000330. The molecular weight excluding hydrogens is 822 g/mol. The van der Waals surface area contributed by atoms with Crippen LogP contribution in [0.1, 0.15) is 72.2 Å². The van der Waals surface area contributed by atoms with E-state index in [1.165, 1.54) is 77.7 Å². The van der Waals surface area contributed by atoms with Crippen molar-refractivity contribution < 1.29 is 60.1 Å². The van der Waals surface area contributed by atoms with Gasteiger partial charge in [-0.1, -0.05) is 71.8 Å². The number of ether oxygens (including phenoxy) is 4. The van der Waals surface area contributed by atoms with Gasteiger partial charge in [0.1, 0.15) is 36.2 Å². The molecule has 0 radical (unpaired) electrons. The van der Waals surface area contributed by atoms with Gasteiger partial charge in [-0.15, -0.1) is 26.3 Å². The zero-order valence-corrected chi connectivity index (χ0v) is 34.8. The van der Waals surface area contributed by atoms with E-state index in [2.05, 4.69) is 9.47 Å². The number of halogens is 6. The largest absolute Gasteiger partial charge is 0.759 e. The van der Waals surface area contributed by atoms with E-state index in [0.717, 1.165) is 39.5 Å². The first-order valence-corrected chi connectivity index (χ1v) is 18.9. The lowest BCUT2D eigenvalue weighted by Gasteiger charge is -2.17. The van der Waals surface area contributed by atoms with Gasteiger partial charge in [0, 0.05) is 34.4 Å². The molecule has 0 atom stereocenters. The lowest BCUT2D eigenvalue weighted by Crippen LogP contribution is -2.17. The van der Waals surface area contributed by atoms with E-state index in [1.807, 2.05) is 65.8 Å². The number of rotatable bonds is 16. The normalized spacial score (nSPS) is 11.3. The van der Waals surface area contributed by atoms with Crippen LogP contribution in [-0.2, 0) is 35.6 Å². The Morgan fingerprint density at radius 2 is 0.984 bits per heavy atom. The third-order valence-corrected chi connectivity index (χ3v) is 8.60. The van der Waals surface area contributed by atoms with Crippen molar-refractivity contribution in [2.24, 2.45) is 0 Å². The topological polar surface area (TPSA) is 138 Å². The number of alkyl halides is 6. The molecule has 4 rings (SSSR count). The van der Waals surface area contributed by atoms with Gasteiger partial charge in [0.15, 0.2) is 0 Å². The quantitative estimate of drug-likeness (QED) is 0.0333. The summed E-state index contributed by atoms with van der Waals surface area (Å²) in [5.74, 6) is -1.02. The van der Waals surface area contributed by atoms with Crippen LogP contribution in [0.4, 0.5) is 26.3 Å². The van der Waals surface area contributed by atoms with E-state index in [0.29, 0.717) is 46.6 Å². The van der Waals surface area contributed by atoms with Crippen molar-refractivity contribution in [3.63, 3.8) is 0 Å². The van der Waals surface area contributed by atoms with Crippen LogP contribution in [0, 0.1) is 19.1 Å². The predicted octanol–water partition coefficient (Wildman–Crippen LogP) is 11.1. The number of allylic oxidation sites excluding steroid dienone is 4. The predicted molar refractivity (Wildman–Crippen MR) is 223 cm³/mol. The number of carbonyl (C=O) groups is 2. The highest BCUT2D eigenvalue weighted by Gasteiger charge is 2.31. The molecule has 0 aliphatic heterocycles. The molecule has 2 amide bonds. The van der Waals surface area contributed by atoms with Crippen molar-refractivity contribution in [1.29, 1.82) is 0 Å². The molecule has 3 N–H and O–H groups in total. The minimum Gasteiger partial charge on any atom is -0.759 e. The van der Waals surface area contributed by atoms with Crippen molar-refractivity contribution >= 4 is 24.0 Å². The van der Waals surface area contributed by atoms with Crippen molar-refractivity contribution in [2.75, 3.05) is 0 Å². The second-order valence-corrected chi connectivity index (χ2v) is 14.1. The first-order chi connectivity index (χ1) is 29.2. The Kier molecular flexibility index (Phi) is 18.9. The van der Waals surface area contributed by atoms with Crippen molar-refractivity contribution in [2.45, 2.75) is 80.3 Å². The van der Waals surface area contributed by atoms with Crippen LogP contribution in [0.3, 0.4) is 0 Å². The van der Waals surface area contributed by atoms with Gasteiger partial charge >= 0.3 is 12.7 Å². The number of hydrogen-bond acceptors (Lipinski definition) is 8. The van der Waals surface area contributed by atoms with Gasteiger partial charge in [-0.3, -0.25) is 14.8 Å². The van der Waals surface area contributed by atoms with E-state index in [-0.39, 0.29) is 24.7 Å². The van der Waals surface area contributed by atoms with Gasteiger partial charge in [0.05, 0.1) is 0 Å². The lowest BCUT2D eigenvalue weighted by molar-refractivity contribution is -0.275. The first-order valence-electron chi connectivity index (χ1n) is 18.9. The van der Waals surface area contributed by atoms with Gasteiger partial charge < -0.3 is 29.6 Å². The molecule has 0 aliphatic carbocycles. The fraction of sp³-hybridized carbons (Fsp3) is 0.261. The summed E-state index contributed by atoms with van der Waals surface area (Å²) >= 11 is 0. The number of carbonyl (C=O) groups excluding carboxylic acids is 2. The number of amides is 2. The zero-order valence-electron chi connectivity index (χ0n) is 34.8. The summed E-state index contributed by atoms with van der Waals surface area (Å²) in [6, 6.07) is 18.2.